The van der Waals surface area contributed by atoms with Crippen molar-refractivity contribution in [3.63, 3.8) is 0 Å². The Kier molecular flexibility index (Phi) is 5.52. The maximum Gasteiger partial charge on any atom is 0.199 e. The highest BCUT2D eigenvalue weighted by molar-refractivity contribution is 7.92. The minimum atomic E-state index is -1.52. The van der Waals surface area contributed by atoms with E-state index in [2.05, 4.69) is 20.0 Å². The number of rotatable bonds is 6. The first-order chi connectivity index (χ1) is 11.6. The summed E-state index contributed by atoms with van der Waals surface area (Å²) in [4.78, 5) is 8.58. The van der Waals surface area contributed by atoms with Gasteiger partial charge in [-0.3, -0.25) is 0 Å². The van der Waals surface area contributed by atoms with Gasteiger partial charge in [0.2, 0.25) is 0 Å². The third-order valence-electron chi connectivity index (χ3n) is 3.06. The minimum Gasteiger partial charge on any atom is -0.588 e. The number of aromatic nitrogens is 2. The molecule has 3 rings (SSSR count). The lowest BCUT2D eigenvalue weighted by Crippen LogP contribution is -2.14. The van der Waals surface area contributed by atoms with Crippen LogP contribution in [0, 0.1) is 5.82 Å². The van der Waals surface area contributed by atoms with Crippen LogP contribution in [-0.4, -0.2) is 14.5 Å². The van der Waals surface area contributed by atoms with Crippen LogP contribution in [0.15, 0.2) is 52.3 Å². The smallest absolute Gasteiger partial charge is 0.199 e. The van der Waals surface area contributed by atoms with Crippen LogP contribution in [0.2, 0.25) is 5.02 Å². The highest BCUT2D eigenvalue weighted by atomic mass is 35.5. The van der Waals surface area contributed by atoms with Crippen LogP contribution in [0.3, 0.4) is 0 Å². The van der Waals surface area contributed by atoms with Crippen molar-refractivity contribution in [3.8, 4) is 0 Å². The lowest BCUT2D eigenvalue weighted by molar-refractivity contribution is 0.599. The van der Waals surface area contributed by atoms with E-state index < -0.39 is 11.4 Å². The van der Waals surface area contributed by atoms with E-state index in [0.29, 0.717) is 27.1 Å². The first kappa shape index (κ1) is 17.0. The molecule has 0 radical (unpaired) electrons. The molecule has 5 nitrogen and oxygen atoms in total. The monoisotopic (exact) mass is 382 g/mol. The molecule has 3 aromatic rings. The Morgan fingerprint density at radius 2 is 2.12 bits per heavy atom. The second kappa shape index (κ2) is 7.80. The number of halogens is 2. The van der Waals surface area contributed by atoms with Gasteiger partial charge in [-0.25, -0.2) is 14.4 Å². The average molecular weight is 383 g/mol. The average Bonchev–Trinajstić information content (AvgIpc) is 3.08. The number of anilines is 2. The molecular weight excluding hydrogens is 371 g/mol. The van der Waals surface area contributed by atoms with Crippen LogP contribution in [0.4, 0.5) is 16.0 Å². The van der Waals surface area contributed by atoms with Crippen LogP contribution >= 0.6 is 22.9 Å². The molecule has 0 saturated carbocycles. The van der Waals surface area contributed by atoms with Crippen molar-refractivity contribution in [1.29, 1.82) is 0 Å². The molecule has 2 heterocycles. The number of nitrogens with zero attached hydrogens (tertiary/aromatic N) is 2. The van der Waals surface area contributed by atoms with Gasteiger partial charge in [-0.1, -0.05) is 29.8 Å². The van der Waals surface area contributed by atoms with Gasteiger partial charge < -0.3 is 9.87 Å². The van der Waals surface area contributed by atoms with E-state index in [0.717, 1.165) is 0 Å². The SMILES string of the molecule is [O-][S+](Nc1cscn1)c1cnc(NCc2ccccc2F)c(Cl)c1. The summed E-state index contributed by atoms with van der Waals surface area (Å²) in [5.41, 5.74) is 2.15. The van der Waals surface area contributed by atoms with Gasteiger partial charge in [0.25, 0.3) is 0 Å². The van der Waals surface area contributed by atoms with Gasteiger partial charge in [-0.15, -0.1) is 11.3 Å². The van der Waals surface area contributed by atoms with E-state index in [1.54, 1.807) is 35.2 Å². The van der Waals surface area contributed by atoms with Crippen molar-refractivity contribution in [2.45, 2.75) is 11.4 Å². The molecule has 1 atom stereocenters. The predicted molar refractivity (Wildman–Crippen MR) is 95.1 cm³/mol. The molecule has 2 N–H and O–H groups in total. The summed E-state index contributed by atoms with van der Waals surface area (Å²) >= 11 is 6.05. The zero-order valence-electron chi connectivity index (χ0n) is 12.2. The van der Waals surface area contributed by atoms with E-state index in [-0.39, 0.29) is 12.4 Å². The van der Waals surface area contributed by atoms with Crippen molar-refractivity contribution in [3.05, 3.63) is 63.8 Å². The summed E-state index contributed by atoms with van der Waals surface area (Å²) in [5, 5.41) is 5.02. The molecule has 0 aliphatic rings. The highest BCUT2D eigenvalue weighted by Crippen LogP contribution is 2.24. The lowest BCUT2D eigenvalue weighted by atomic mass is 10.2. The van der Waals surface area contributed by atoms with Crippen LogP contribution in [0.5, 0.6) is 0 Å². The fraction of sp³-hybridized carbons (Fsp3) is 0.0667. The Hall–Kier alpha value is -1.87. The second-order valence-corrected chi connectivity index (χ2v) is 7.03. The zero-order chi connectivity index (χ0) is 16.9. The molecule has 0 bridgehead atoms. The third kappa shape index (κ3) is 4.15. The summed E-state index contributed by atoms with van der Waals surface area (Å²) in [7, 11) is 0. The zero-order valence-corrected chi connectivity index (χ0v) is 14.6. The molecule has 0 saturated heterocycles. The standard InChI is InChI=1S/C15H12ClFN4OS2/c16-12-5-11(24(22)21-14-8-23-9-20-14)7-19-15(12)18-6-10-3-1-2-4-13(10)17/h1-5,7-9,21H,6H2,(H,18,19). The van der Waals surface area contributed by atoms with Gasteiger partial charge >= 0.3 is 0 Å². The quantitative estimate of drug-likeness (QED) is 0.628. The van der Waals surface area contributed by atoms with Gasteiger partial charge in [-0.05, 0) is 6.07 Å². The van der Waals surface area contributed by atoms with Crippen LogP contribution in [0.25, 0.3) is 0 Å². The van der Waals surface area contributed by atoms with Crippen LogP contribution in [0.1, 0.15) is 5.56 Å². The second-order valence-electron chi connectivity index (χ2n) is 4.69. The summed E-state index contributed by atoms with van der Waals surface area (Å²) in [6.45, 7) is 0.249. The minimum absolute atomic E-state index is 0.249. The van der Waals surface area contributed by atoms with Gasteiger partial charge in [0.1, 0.15) is 23.0 Å². The van der Waals surface area contributed by atoms with Gasteiger partial charge in [-0.2, -0.15) is 4.72 Å². The summed E-state index contributed by atoms with van der Waals surface area (Å²) < 4.78 is 28.5. The van der Waals surface area contributed by atoms with E-state index in [1.807, 2.05) is 0 Å². The molecule has 124 valence electrons. The molecule has 0 amide bonds. The molecule has 0 aliphatic heterocycles. The third-order valence-corrected chi connectivity index (χ3v) is 4.98. The summed E-state index contributed by atoms with van der Waals surface area (Å²) in [6, 6.07) is 8.00. The highest BCUT2D eigenvalue weighted by Gasteiger charge is 2.16. The molecule has 0 spiro atoms. The molecular formula is C15H12ClFN4OS2. The van der Waals surface area contributed by atoms with Crippen molar-refractivity contribution >= 4 is 45.9 Å². The molecule has 9 heteroatoms. The number of pyridine rings is 1. The first-order valence-corrected chi connectivity index (χ1v) is 9.30. The van der Waals surface area contributed by atoms with Gasteiger partial charge in [0.05, 0.1) is 16.7 Å². The predicted octanol–water partition coefficient (Wildman–Crippen LogP) is 4.08. The van der Waals surface area contributed by atoms with Crippen LogP contribution in [-0.2, 0) is 17.9 Å². The Balaban J connectivity index is 1.67. The number of hydrogen-bond acceptors (Lipinski definition) is 6. The van der Waals surface area contributed by atoms with E-state index >= 15 is 0 Å². The molecule has 1 aromatic carbocycles. The lowest BCUT2D eigenvalue weighted by Gasteiger charge is -2.12. The first-order valence-electron chi connectivity index (χ1n) is 6.83. The van der Waals surface area contributed by atoms with Crippen molar-refractivity contribution in [1.82, 2.24) is 9.97 Å². The fourth-order valence-corrected chi connectivity index (χ4v) is 3.54. The Bertz CT molecular complexity index is 819. The van der Waals surface area contributed by atoms with Gasteiger partial charge in [0, 0.05) is 23.6 Å². The summed E-state index contributed by atoms with van der Waals surface area (Å²) in [6.07, 6.45) is 1.45. The van der Waals surface area contributed by atoms with Crippen molar-refractivity contribution in [2.75, 3.05) is 10.0 Å². The number of benzene rings is 1. The van der Waals surface area contributed by atoms with E-state index in [9.17, 15) is 8.94 Å². The van der Waals surface area contributed by atoms with Crippen molar-refractivity contribution < 1.29 is 8.94 Å². The fourth-order valence-electron chi connectivity index (χ4n) is 1.89. The number of hydrogen-bond donors (Lipinski definition) is 2. The molecule has 1 unspecified atom stereocenters. The van der Waals surface area contributed by atoms with Gasteiger partial charge in [0.15, 0.2) is 10.7 Å². The maximum atomic E-state index is 13.6. The van der Waals surface area contributed by atoms with E-state index in [4.69, 9.17) is 11.6 Å². The van der Waals surface area contributed by atoms with E-state index in [1.165, 1.54) is 23.6 Å². The Morgan fingerprint density at radius 3 is 2.83 bits per heavy atom. The van der Waals surface area contributed by atoms with Crippen molar-refractivity contribution in [2.24, 2.45) is 0 Å². The normalized spacial score (nSPS) is 12.0. The van der Waals surface area contributed by atoms with Crippen LogP contribution < -0.4 is 10.0 Å². The largest absolute Gasteiger partial charge is 0.588 e. The molecule has 0 aliphatic carbocycles. The molecule has 0 fully saturated rings. The summed E-state index contributed by atoms with van der Waals surface area (Å²) in [5.74, 6) is 0.622. The number of nitrogens with one attached hydrogen (secondary N) is 2. The maximum absolute atomic E-state index is 13.6. The molecule has 2 aromatic heterocycles. The molecule has 24 heavy (non-hydrogen) atoms. The Morgan fingerprint density at radius 1 is 1.29 bits per heavy atom. The Labute approximate surface area is 150 Å². The topological polar surface area (TPSA) is 72.9 Å². The number of thiazole rings is 1.